The van der Waals surface area contributed by atoms with E-state index >= 15 is 0 Å². The van der Waals surface area contributed by atoms with E-state index in [-0.39, 0.29) is 6.04 Å². The summed E-state index contributed by atoms with van der Waals surface area (Å²) in [5.41, 5.74) is 11.7. The van der Waals surface area contributed by atoms with Crippen molar-refractivity contribution in [1.82, 2.24) is 10.4 Å². The summed E-state index contributed by atoms with van der Waals surface area (Å²) >= 11 is 0. The molecule has 6 nitrogen and oxygen atoms in total. The molecule has 2 aromatic rings. The van der Waals surface area contributed by atoms with E-state index in [9.17, 15) is 4.79 Å². The minimum absolute atomic E-state index is 0.0345. The summed E-state index contributed by atoms with van der Waals surface area (Å²) < 4.78 is 5.66. The number of hydrogen-bond acceptors (Lipinski definition) is 5. The summed E-state index contributed by atoms with van der Waals surface area (Å²) in [5, 5.41) is 9.11. The quantitative estimate of drug-likeness (QED) is 0.468. The summed E-state index contributed by atoms with van der Waals surface area (Å²) in [6.07, 6.45) is 2.80. The van der Waals surface area contributed by atoms with Crippen LogP contribution in [0.2, 0.25) is 0 Å². The second-order valence-electron chi connectivity index (χ2n) is 7.75. The van der Waals surface area contributed by atoms with Crippen LogP contribution in [0.5, 0.6) is 0 Å². The summed E-state index contributed by atoms with van der Waals surface area (Å²) in [7, 11) is 0. The zero-order valence-electron chi connectivity index (χ0n) is 17.0. The third-order valence-corrected chi connectivity index (χ3v) is 5.55. The Morgan fingerprint density at radius 3 is 2.38 bits per heavy atom. The second kappa shape index (κ2) is 10.5. The summed E-state index contributed by atoms with van der Waals surface area (Å²) in [5.74, 6) is -0.469. The Morgan fingerprint density at radius 1 is 1.14 bits per heavy atom. The van der Waals surface area contributed by atoms with Crippen molar-refractivity contribution in [2.45, 2.75) is 44.3 Å². The maximum atomic E-state index is 12.2. The van der Waals surface area contributed by atoms with Gasteiger partial charge >= 0.3 is 0 Å². The fourth-order valence-electron chi connectivity index (χ4n) is 4.02. The number of aryl methyl sites for hydroxylation is 2. The number of rotatable bonds is 8. The van der Waals surface area contributed by atoms with Crippen molar-refractivity contribution in [3.8, 4) is 0 Å². The van der Waals surface area contributed by atoms with Crippen molar-refractivity contribution in [3.05, 3.63) is 71.3 Å². The van der Waals surface area contributed by atoms with Gasteiger partial charge in [0.25, 0.3) is 5.91 Å². The third-order valence-electron chi connectivity index (χ3n) is 5.55. The first-order valence-corrected chi connectivity index (χ1v) is 10.2. The number of amides is 1. The average Bonchev–Trinajstić information content (AvgIpc) is 2.75. The average molecular weight is 398 g/mol. The lowest BCUT2D eigenvalue weighted by molar-refractivity contribution is -0.139. The molecular weight excluding hydrogens is 366 g/mol. The van der Waals surface area contributed by atoms with Gasteiger partial charge in [0.1, 0.15) is 6.04 Å². The predicted octanol–water partition coefficient (Wildman–Crippen LogP) is 1.94. The minimum Gasteiger partial charge on any atom is -0.378 e. The van der Waals surface area contributed by atoms with Gasteiger partial charge < -0.3 is 10.5 Å². The Morgan fingerprint density at radius 2 is 1.76 bits per heavy atom. The molecule has 0 radical (unpaired) electrons. The van der Waals surface area contributed by atoms with E-state index in [0.29, 0.717) is 19.8 Å². The van der Waals surface area contributed by atoms with E-state index in [1.54, 1.807) is 12.4 Å². The lowest BCUT2D eigenvalue weighted by Crippen LogP contribution is -2.61. The fraction of sp³-hybridized carbons (Fsp3) is 0.435. The van der Waals surface area contributed by atoms with Crippen LogP contribution in [0, 0.1) is 0 Å². The Balaban J connectivity index is 1.63. The molecule has 2 aromatic carbocycles. The van der Waals surface area contributed by atoms with Crippen molar-refractivity contribution in [2.75, 3.05) is 19.8 Å². The van der Waals surface area contributed by atoms with Crippen LogP contribution in [-0.4, -0.2) is 53.9 Å². The molecule has 1 aliphatic rings. The largest absolute Gasteiger partial charge is 0.378 e. The maximum absolute atomic E-state index is 12.2. The zero-order valence-corrected chi connectivity index (χ0v) is 17.0. The van der Waals surface area contributed by atoms with Crippen molar-refractivity contribution in [1.29, 1.82) is 0 Å². The van der Waals surface area contributed by atoms with E-state index in [4.69, 9.17) is 15.7 Å². The van der Waals surface area contributed by atoms with Crippen LogP contribution in [0.1, 0.15) is 23.6 Å². The van der Waals surface area contributed by atoms with Gasteiger partial charge in [0, 0.05) is 18.6 Å². The lowest BCUT2D eigenvalue weighted by Gasteiger charge is -2.41. The molecule has 4 N–H and O–H groups in total. The van der Waals surface area contributed by atoms with Gasteiger partial charge in [-0.1, -0.05) is 54.6 Å². The Bertz CT molecular complexity index is 765. The summed E-state index contributed by atoms with van der Waals surface area (Å²) in [6, 6.07) is 18.2. The molecule has 3 rings (SSSR count). The van der Waals surface area contributed by atoms with Crippen LogP contribution >= 0.6 is 0 Å². The molecule has 1 fully saturated rings. The van der Waals surface area contributed by atoms with E-state index in [1.165, 1.54) is 16.7 Å². The number of ether oxygens (including phenoxy) is 1. The first-order chi connectivity index (χ1) is 14.1. The molecule has 0 spiro atoms. The topological polar surface area (TPSA) is 87.8 Å². The van der Waals surface area contributed by atoms with Gasteiger partial charge in [-0.15, -0.1) is 0 Å². The molecule has 1 unspecified atom stereocenters. The molecule has 156 valence electrons. The molecule has 0 bridgehead atoms. The standard InChI is InChI=1S/C23H31N3O3/c1-17(24)22(23(27)25-28)26-13-14-29-16-21(26)15-20-11-9-19(10-12-20)8-7-18-5-3-2-4-6-18/h2-6,9-12,17,21-22,28H,7-8,13-16,24H2,1H3,(H,25,27)/t17-,21?,22+/m1/s1. The number of morpholine rings is 1. The Kier molecular flexibility index (Phi) is 7.77. The lowest BCUT2D eigenvalue weighted by atomic mass is 9.97. The van der Waals surface area contributed by atoms with Crippen molar-refractivity contribution < 1.29 is 14.7 Å². The zero-order chi connectivity index (χ0) is 20.6. The van der Waals surface area contributed by atoms with E-state index in [2.05, 4.69) is 53.4 Å². The smallest absolute Gasteiger partial charge is 0.262 e. The van der Waals surface area contributed by atoms with E-state index in [1.807, 2.05) is 6.07 Å². The normalized spacial score (nSPS) is 19.5. The van der Waals surface area contributed by atoms with Gasteiger partial charge in [-0.3, -0.25) is 14.9 Å². The predicted molar refractivity (Wildman–Crippen MR) is 113 cm³/mol. The van der Waals surface area contributed by atoms with Gasteiger partial charge in [0.05, 0.1) is 13.2 Å². The molecule has 3 atom stereocenters. The van der Waals surface area contributed by atoms with Crippen LogP contribution in [-0.2, 0) is 28.8 Å². The number of hydroxylamine groups is 1. The van der Waals surface area contributed by atoms with E-state index in [0.717, 1.165) is 19.3 Å². The monoisotopic (exact) mass is 397 g/mol. The van der Waals surface area contributed by atoms with Gasteiger partial charge in [0.2, 0.25) is 0 Å². The van der Waals surface area contributed by atoms with Gasteiger partial charge in [-0.25, -0.2) is 5.48 Å². The second-order valence-corrected chi connectivity index (χ2v) is 7.75. The molecule has 6 heteroatoms. The molecule has 1 saturated heterocycles. The first kappa shape index (κ1) is 21.5. The summed E-state index contributed by atoms with van der Waals surface area (Å²) in [6.45, 7) is 3.49. The van der Waals surface area contributed by atoms with Gasteiger partial charge in [-0.2, -0.15) is 0 Å². The van der Waals surface area contributed by atoms with E-state index < -0.39 is 18.0 Å². The first-order valence-electron chi connectivity index (χ1n) is 10.2. The highest BCUT2D eigenvalue weighted by Crippen LogP contribution is 2.19. The molecule has 0 aromatic heterocycles. The highest BCUT2D eigenvalue weighted by molar-refractivity contribution is 5.81. The van der Waals surface area contributed by atoms with Crippen LogP contribution < -0.4 is 11.2 Å². The van der Waals surface area contributed by atoms with Crippen molar-refractivity contribution >= 4 is 5.91 Å². The molecular formula is C23H31N3O3. The van der Waals surface area contributed by atoms with Crippen LogP contribution in [0.25, 0.3) is 0 Å². The van der Waals surface area contributed by atoms with Gasteiger partial charge in [0.15, 0.2) is 0 Å². The third kappa shape index (κ3) is 5.87. The number of nitrogens with one attached hydrogen (secondary N) is 1. The molecule has 29 heavy (non-hydrogen) atoms. The summed E-state index contributed by atoms with van der Waals surface area (Å²) in [4.78, 5) is 14.2. The molecule has 1 aliphatic heterocycles. The number of nitrogens with zero attached hydrogens (tertiary/aromatic N) is 1. The van der Waals surface area contributed by atoms with Crippen LogP contribution in [0.3, 0.4) is 0 Å². The van der Waals surface area contributed by atoms with Crippen molar-refractivity contribution in [2.24, 2.45) is 5.73 Å². The number of carbonyl (C=O) groups excluding carboxylic acids is 1. The van der Waals surface area contributed by atoms with Crippen molar-refractivity contribution in [3.63, 3.8) is 0 Å². The highest BCUT2D eigenvalue weighted by Gasteiger charge is 2.36. The fourth-order valence-corrected chi connectivity index (χ4v) is 4.02. The molecule has 1 amide bonds. The number of hydrogen-bond donors (Lipinski definition) is 3. The van der Waals surface area contributed by atoms with Gasteiger partial charge in [-0.05, 0) is 42.9 Å². The van der Waals surface area contributed by atoms with Crippen LogP contribution in [0.15, 0.2) is 54.6 Å². The number of nitrogens with two attached hydrogens (primary N) is 1. The molecule has 1 heterocycles. The molecule has 0 saturated carbocycles. The number of benzene rings is 2. The minimum atomic E-state index is -0.584. The Hall–Kier alpha value is -2.25. The highest BCUT2D eigenvalue weighted by atomic mass is 16.5. The number of carbonyl (C=O) groups is 1. The SMILES string of the molecule is C[C@@H](N)[C@@H](C(=O)NO)N1CCOCC1Cc1ccc(CCc2ccccc2)cc1. The maximum Gasteiger partial charge on any atom is 0.262 e. The van der Waals surface area contributed by atoms with Crippen LogP contribution in [0.4, 0.5) is 0 Å². The Labute approximate surface area is 172 Å². The molecule has 0 aliphatic carbocycles.